The van der Waals surface area contributed by atoms with Crippen molar-refractivity contribution in [3.63, 3.8) is 0 Å². The van der Waals surface area contributed by atoms with Crippen LogP contribution in [0.5, 0.6) is 0 Å². The van der Waals surface area contributed by atoms with E-state index in [9.17, 15) is 15.3 Å². The highest BCUT2D eigenvalue weighted by atomic mass is 16.6. The number of aliphatic hydroxyl groups excluding tert-OH is 3. The molecule has 0 radical (unpaired) electrons. The number of rotatable bonds is 0. The van der Waals surface area contributed by atoms with E-state index in [4.69, 9.17) is 4.74 Å². The van der Waals surface area contributed by atoms with Crippen LogP contribution in [0.25, 0.3) is 0 Å². The maximum absolute atomic E-state index is 9.53. The van der Waals surface area contributed by atoms with Crippen LogP contribution in [0.3, 0.4) is 0 Å². The molecule has 2 rings (SSSR count). The fourth-order valence-corrected chi connectivity index (χ4v) is 1.60. The maximum atomic E-state index is 9.53. The van der Waals surface area contributed by atoms with Crippen LogP contribution in [0.4, 0.5) is 0 Å². The first-order valence-corrected chi connectivity index (χ1v) is 4.14. The third kappa shape index (κ3) is 1.42. The van der Waals surface area contributed by atoms with E-state index >= 15 is 0 Å². The van der Waals surface area contributed by atoms with E-state index in [1.54, 1.807) is 0 Å². The van der Waals surface area contributed by atoms with Gasteiger partial charge in [0.15, 0.2) is 6.29 Å². The summed E-state index contributed by atoms with van der Waals surface area (Å²) in [6.45, 7) is 0.387. The number of ether oxygens (including phenoxy) is 1. The van der Waals surface area contributed by atoms with E-state index in [1.807, 2.05) is 0 Å². The number of fused-ring (bicyclic) bond motifs is 1. The summed E-state index contributed by atoms with van der Waals surface area (Å²) in [5.74, 6) is 0. The molecule has 0 saturated carbocycles. The van der Waals surface area contributed by atoms with Crippen LogP contribution in [0.1, 0.15) is 0 Å². The summed E-state index contributed by atoms with van der Waals surface area (Å²) >= 11 is 0. The van der Waals surface area contributed by atoms with Gasteiger partial charge in [0.2, 0.25) is 0 Å². The highest BCUT2D eigenvalue weighted by molar-refractivity contribution is 5.56. The highest BCUT2D eigenvalue weighted by Crippen LogP contribution is 2.20. The quantitative estimate of drug-likeness (QED) is 0.335. The molecule has 5 unspecified atom stereocenters. The Morgan fingerprint density at radius 3 is 2.85 bits per heavy atom. The van der Waals surface area contributed by atoms with Gasteiger partial charge in [-0.05, 0) is 0 Å². The molecule has 0 aromatic rings. The lowest BCUT2D eigenvalue weighted by molar-refractivity contribution is -0.254. The fraction of sp³-hybridized carbons (Fsp3) is 0.857. The number of aliphatic hydroxyl groups is 3. The molecule has 2 heterocycles. The number of hydrogen-bond donors (Lipinski definition) is 4. The first-order chi connectivity index (χ1) is 6.20. The summed E-state index contributed by atoms with van der Waals surface area (Å²) in [7, 11) is 0. The zero-order valence-electron chi connectivity index (χ0n) is 6.87. The van der Waals surface area contributed by atoms with E-state index < -0.39 is 24.5 Å². The van der Waals surface area contributed by atoms with Gasteiger partial charge < -0.3 is 25.4 Å². The van der Waals surface area contributed by atoms with E-state index in [1.165, 1.54) is 6.34 Å². The van der Waals surface area contributed by atoms with Crippen molar-refractivity contribution >= 4 is 6.34 Å². The van der Waals surface area contributed by atoms with Gasteiger partial charge in [-0.2, -0.15) is 0 Å². The number of nitrogens with one attached hydrogen (secondary N) is 1. The van der Waals surface area contributed by atoms with Crippen molar-refractivity contribution in [2.75, 3.05) is 6.54 Å². The standard InChI is InChI=1S/C7H12N2O4/c10-5-4-3(1-8-2-9-4)13-7(12)6(5)11/h2-7,10-12H,1H2,(H,8,9). The summed E-state index contributed by atoms with van der Waals surface area (Å²) in [4.78, 5) is 3.89. The summed E-state index contributed by atoms with van der Waals surface area (Å²) in [6, 6.07) is -0.393. The van der Waals surface area contributed by atoms with Gasteiger partial charge in [-0.15, -0.1) is 0 Å². The molecule has 13 heavy (non-hydrogen) atoms. The van der Waals surface area contributed by atoms with Gasteiger partial charge in [0.25, 0.3) is 0 Å². The minimum atomic E-state index is -1.33. The van der Waals surface area contributed by atoms with E-state index in [-0.39, 0.29) is 6.10 Å². The largest absolute Gasteiger partial charge is 0.388 e. The molecular weight excluding hydrogens is 176 g/mol. The van der Waals surface area contributed by atoms with E-state index in [0.717, 1.165) is 0 Å². The summed E-state index contributed by atoms with van der Waals surface area (Å²) < 4.78 is 5.04. The second kappa shape index (κ2) is 3.22. The Morgan fingerprint density at radius 2 is 2.08 bits per heavy atom. The van der Waals surface area contributed by atoms with Crippen molar-refractivity contribution in [3.8, 4) is 0 Å². The van der Waals surface area contributed by atoms with Gasteiger partial charge in [0.1, 0.15) is 18.3 Å². The van der Waals surface area contributed by atoms with Crippen LogP contribution < -0.4 is 5.32 Å². The molecule has 0 aromatic heterocycles. The third-order valence-corrected chi connectivity index (χ3v) is 2.37. The van der Waals surface area contributed by atoms with Gasteiger partial charge in [0, 0.05) is 0 Å². The Morgan fingerprint density at radius 1 is 1.31 bits per heavy atom. The minimum absolute atomic E-state index is 0.376. The van der Waals surface area contributed by atoms with Crippen LogP contribution >= 0.6 is 0 Å². The lowest BCUT2D eigenvalue weighted by atomic mass is 9.95. The van der Waals surface area contributed by atoms with Gasteiger partial charge in [-0.25, -0.2) is 0 Å². The molecule has 6 nitrogen and oxygen atoms in total. The van der Waals surface area contributed by atoms with Crippen molar-refractivity contribution in [2.24, 2.45) is 4.99 Å². The molecule has 0 amide bonds. The lowest BCUT2D eigenvalue weighted by Crippen LogP contribution is -2.64. The van der Waals surface area contributed by atoms with Crippen LogP contribution in [0.2, 0.25) is 0 Å². The maximum Gasteiger partial charge on any atom is 0.183 e. The summed E-state index contributed by atoms with van der Waals surface area (Å²) in [5, 5.41) is 30.8. The Labute approximate surface area is 74.9 Å². The molecule has 4 N–H and O–H groups in total. The smallest absolute Gasteiger partial charge is 0.183 e. The molecule has 2 aliphatic rings. The van der Waals surface area contributed by atoms with Crippen LogP contribution in [0, 0.1) is 0 Å². The highest BCUT2D eigenvalue weighted by Gasteiger charge is 2.44. The molecule has 74 valence electrons. The topological polar surface area (TPSA) is 94.3 Å². The normalized spacial score (nSPS) is 49.6. The van der Waals surface area contributed by atoms with Gasteiger partial charge >= 0.3 is 0 Å². The average molecular weight is 188 g/mol. The van der Waals surface area contributed by atoms with Crippen molar-refractivity contribution in [1.82, 2.24) is 5.32 Å². The molecule has 0 bridgehead atoms. The molecule has 0 aliphatic carbocycles. The second-order valence-corrected chi connectivity index (χ2v) is 3.23. The van der Waals surface area contributed by atoms with Gasteiger partial charge in [0.05, 0.1) is 18.9 Å². The zero-order chi connectivity index (χ0) is 9.42. The van der Waals surface area contributed by atoms with Crippen LogP contribution in [-0.4, -0.2) is 58.8 Å². The Kier molecular flexibility index (Phi) is 2.20. The lowest BCUT2D eigenvalue weighted by Gasteiger charge is -2.41. The molecule has 2 aliphatic heterocycles. The molecule has 0 spiro atoms. The second-order valence-electron chi connectivity index (χ2n) is 3.23. The molecule has 6 heteroatoms. The van der Waals surface area contributed by atoms with Crippen molar-refractivity contribution in [3.05, 3.63) is 0 Å². The monoisotopic (exact) mass is 188 g/mol. The predicted octanol–water partition coefficient (Wildman–Crippen LogP) is -2.57. The summed E-state index contributed by atoms with van der Waals surface area (Å²) in [5.41, 5.74) is 0. The Balaban J connectivity index is 2.13. The number of nitrogens with zero attached hydrogens (tertiary/aromatic N) is 1. The average Bonchev–Trinajstić information content (AvgIpc) is 2.15. The zero-order valence-corrected chi connectivity index (χ0v) is 6.87. The van der Waals surface area contributed by atoms with Crippen LogP contribution in [-0.2, 0) is 4.74 Å². The Bertz CT molecular complexity index is 223. The molecular formula is C7H12N2O4. The predicted molar refractivity (Wildman–Crippen MR) is 43.2 cm³/mol. The van der Waals surface area contributed by atoms with Gasteiger partial charge in [-0.1, -0.05) is 0 Å². The first kappa shape index (κ1) is 8.89. The van der Waals surface area contributed by atoms with Crippen molar-refractivity contribution < 1.29 is 20.1 Å². The molecule has 0 aromatic carbocycles. The van der Waals surface area contributed by atoms with Crippen molar-refractivity contribution in [1.29, 1.82) is 0 Å². The molecule has 1 fully saturated rings. The van der Waals surface area contributed by atoms with Crippen molar-refractivity contribution in [2.45, 2.75) is 30.6 Å². The SMILES string of the molecule is OC1OC2CN=CNC2C(O)C1O. The third-order valence-electron chi connectivity index (χ3n) is 2.37. The van der Waals surface area contributed by atoms with E-state index in [2.05, 4.69) is 10.3 Å². The summed E-state index contributed by atoms with van der Waals surface area (Å²) in [6.07, 6.45) is -2.52. The fourth-order valence-electron chi connectivity index (χ4n) is 1.60. The van der Waals surface area contributed by atoms with Gasteiger partial charge in [-0.3, -0.25) is 4.99 Å². The number of hydrogen-bond acceptors (Lipinski definition) is 6. The number of aliphatic imine (C=N–C) groups is 1. The first-order valence-electron chi connectivity index (χ1n) is 4.14. The minimum Gasteiger partial charge on any atom is -0.388 e. The Hall–Kier alpha value is -0.690. The molecule has 1 saturated heterocycles. The van der Waals surface area contributed by atoms with Crippen LogP contribution in [0.15, 0.2) is 4.99 Å². The molecule has 5 atom stereocenters. The van der Waals surface area contributed by atoms with E-state index in [0.29, 0.717) is 6.54 Å².